The molecule has 0 aliphatic rings. The Bertz CT molecular complexity index is 681. The minimum absolute atomic E-state index is 0.184. The van der Waals surface area contributed by atoms with Crippen LogP contribution in [0, 0.1) is 20.8 Å². The Kier molecular flexibility index (Phi) is 4.26. The molecule has 0 atom stereocenters. The maximum absolute atomic E-state index is 12.1. The molecule has 1 heterocycles. The summed E-state index contributed by atoms with van der Waals surface area (Å²) >= 11 is 0. The number of ketones is 1. The number of aromatic nitrogens is 1. The lowest BCUT2D eigenvalue weighted by Gasteiger charge is -2.05. The summed E-state index contributed by atoms with van der Waals surface area (Å²) in [5.74, 6) is -0.662. The molecule has 4 nitrogen and oxygen atoms in total. The Labute approximate surface area is 124 Å². The van der Waals surface area contributed by atoms with Crippen LogP contribution in [0.1, 0.15) is 37.7 Å². The van der Waals surface area contributed by atoms with Crippen molar-refractivity contribution >= 4 is 11.8 Å². The number of carbonyl (C=O) groups is 2. The standard InChI is InChI=1S/C17H19NO3/c1-11-5-7-14(8-6-11)17(20)21-10-16(19)15-9-12(2)18(4)13(15)3/h5-9H,10H2,1-4H3. The average Bonchev–Trinajstić information content (AvgIpc) is 2.73. The fraction of sp³-hybridized carbons (Fsp3) is 0.294. The first kappa shape index (κ1) is 15.0. The predicted molar refractivity (Wildman–Crippen MR) is 80.7 cm³/mol. The van der Waals surface area contributed by atoms with Crippen LogP contribution in [-0.2, 0) is 11.8 Å². The molecule has 0 saturated carbocycles. The van der Waals surface area contributed by atoms with E-state index in [0.29, 0.717) is 11.1 Å². The van der Waals surface area contributed by atoms with Gasteiger partial charge in [0.25, 0.3) is 0 Å². The van der Waals surface area contributed by atoms with E-state index in [1.807, 2.05) is 50.6 Å². The second-order valence-corrected chi connectivity index (χ2v) is 5.21. The molecule has 0 saturated heterocycles. The molecule has 2 aromatic rings. The van der Waals surface area contributed by atoms with Crippen molar-refractivity contribution < 1.29 is 14.3 Å². The van der Waals surface area contributed by atoms with E-state index in [2.05, 4.69) is 0 Å². The van der Waals surface area contributed by atoms with E-state index in [0.717, 1.165) is 17.0 Å². The third-order valence-electron chi connectivity index (χ3n) is 3.70. The molecular formula is C17H19NO3. The molecular weight excluding hydrogens is 266 g/mol. The number of hydrogen-bond acceptors (Lipinski definition) is 3. The number of rotatable bonds is 4. The monoisotopic (exact) mass is 285 g/mol. The van der Waals surface area contributed by atoms with E-state index in [4.69, 9.17) is 4.74 Å². The summed E-state index contributed by atoms with van der Waals surface area (Å²) < 4.78 is 7.03. The number of Topliss-reactive ketones (excluding diaryl/α,β-unsaturated/α-hetero) is 1. The van der Waals surface area contributed by atoms with Crippen LogP contribution in [0.4, 0.5) is 0 Å². The highest BCUT2D eigenvalue weighted by atomic mass is 16.5. The van der Waals surface area contributed by atoms with E-state index >= 15 is 0 Å². The van der Waals surface area contributed by atoms with E-state index in [1.54, 1.807) is 12.1 Å². The van der Waals surface area contributed by atoms with Crippen LogP contribution in [0.5, 0.6) is 0 Å². The summed E-state index contributed by atoms with van der Waals surface area (Å²) in [7, 11) is 1.90. The summed E-state index contributed by atoms with van der Waals surface area (Å²) in [4.78, 5) is 24.0. The van der Waals surface area contributed by atoms with Gasteiger partial charge in [0.15, 0.2) is 6.61 Å². The molecule has 2 rings (SSSR count). The lowest BCUT2D eigenvalue weighted by molar-refractivity contribution is 0.0474. The molecule has 21 heavy (non-hydrogen) atoms. The van der Waals surface area contributed by atoms with Gasteiger partial charge in [0.2, 0.25) is 5.78 Å². The van der Waals surface area contributed by atoms with Crippen molar-refractivity contribution in [2.24, 2.45) is 7.05 Å². The van der Waals surface area contributed by atoms with Crippen molar-refractivity contribution in [1.29, 1.82) is 0 Å². The van der Waals surface area contributed by atoms with Crippen LogP contribution in [0.3, 0.4) is 0 Å². The van der Waals surface area contributed by atoms with Gasteiger partial charge in [0, 0.05) is 24.0 Å². The summed E-state index contributed by atoms with van der Waals surface area (Å²) in [5, 5.41) is 0. The van der Waals surface area contributed by atoms with Crippen LogP contribution in [0.15, 0.2) is 30.3 Å². The second-order valence-electron chi connectivity index (χ2n) is 5.21. The second kappa shape index (κ2) is 5.95. The van der Waals surface area contributed by atoms with E-state index < -0.39 is 5.97 Å². The fourth-order valence-electron chi connectivity index (χ4n) is 2.12. The lowest BCUT2D eigenvalue weighted by Crippen LogP contribution is -2.15. The van der Waals surface area contributed by atoms with Gasteiger partial charge in [-0.05, 0) is 39.0 Å². The summed E-state index contributed by atoms with van der Waals surface area (Å²) in [5.41, 5.74) is 4.00. The smallest absolute Gasteiger partial charge is 0.338 e. The molecule has 0 bridgehead atoms. The van der Waals surface area contributed by atoms with Crippen molar-refractivity contribution in [3.63, 3.8) is 0 Å². The number of hydrogen-bond donors (Lipinski definition) is 0. The minimum atomic E-state index is -0.478. The third-order valence-corrected chi connectivity index (χ3v) is 3.70. The van der Waals surface area contributed by atoms with E-state index in [1.165, 1.54) is 0 Å². The first-order chi connectivity index (χ1) is 9.90. The topological polar surface area (TPSA) is 48.3 Å². The predicted octanol–water partition coefficient (Wildman–Crippen LogP) is 2.99. The molecule has 0 amide bonds. The van der Waals surface area contributed by atoms with Gasteiger partial charge < -0.3 is 9.30 Å². The molecule has 1 aromatic carbocycles. The van der Waals surface area contributed by atoms with Gasteiger partial charge >= 0.3 is 5.97 Å². The Morgan fingerprint density at radius 2 is 1.71 bits per heavy atom. The number of carbonyl (C=O) groups excluding carboxylic acids is 2. The van der Waals surface area contributed by atoms with Gasteiger partial charge in [-0.1, -0.05) is 17.7 Å². The zero-order valence-electron chi connectivity index (χ0n) is 12.8. The number of nitrogens with zero attached hydrogens (tertiary/aromatic N) is 1. The number of benzene rings is 1. The Hall–Kier alpha value is -2.36. The van der Waals surface area contributed by atoms with Crippen molar-refractivity contribution in [2.75, 3.05) is 6.61 Å². The van der Waals surface area contributed by atoms with Crippen LogP contribution in [0.2, 0.25) is 0 Å². The Morgan fingerprint density at radius 3 is 2.24 bits per heavy atom. The Morgan fingerprint density at radius 1 is 1.10 bits per heavy atom. The minimum Gasteiger partial charge on any atom is -0.454 e. The zero-order chi connectivity index (χ0) is 15.6. The Balaban J connectivity index is 2.02. The van der Waals surface area contributed by atoms with Gasteiger partial charge in [0.1, 0.15) is 0 Å². The van der Waals surface area contributed by atoms with Crippen LogP contribution < -0.4 is 0 Å². The molecule has 4 heteroatoms. The molecule has 110 valence electrons. The molecule has 0 fully saturated rings. The van der Waals surface area contributed by atoms with Crippen LogP contribution in [0.25, 0.3) is 0 Å². The molecule has 0 N–H and O–H groups in total. The van der Waals surface area contributed by atoms with E-state index in [-0.39, 0.29) is 12.4 Å². The number of ether oxygens (including phenoxy) is 1. The maximum Gasteiger partial charge on any atom is 0.338 e. The highest BCUT2D eigenvalue weighted by molar-refractivity contribution is 6.00. The molecule has 0 unspecified atom stereocenters. The average molecular weight is 285 g/mol. The summed E-state index contributed by atoms with van der Waals surface area (Å²) in [6, 6.07) is 8.88. The fourth-order valence-corrected chi connectivity index (χ4v) is 2.12. The quantitative estimate of drug-likeness (QED) is 0.641. The first-order valence-electron chi connectivity index (χ1n) is 6.80. The zero-order valence-corrected chi connectivity index (χ0v) is 12.8. The summed E-state index contributed by atoms with van der Waals surface area (Å²) in [6.45, 7) is 5.51. The maximum atomic E-state index is 12.1. The SMILES string of the molecule is Cc1ccc(C(=O)OCC(=O)c2cc(C)n(C)c2C)cc1. The molecule has 0 spiro atoms. The van der Waals surface area contributed by atoms with Gasteiger partial charge in [0.05, 0.1) is 5.56 Å². The third kappa shape index (κ3) is 3.21. The first-order valence-corrected chi connectivity index (χ1v) is 6.80. The van der Waals surface area contributed by atoms with E-state index in [9.17, 15) is 9.59 Å². The largest absolute Gasteiger partial charge is 0.454 e. The van der Waals surface area contributed by atoms with Crippen molar-refractivity contribution in [2.45, 2.75) is 20.8 Å². The highest BCUT2D eigenvalue weighted by Gasteiger charge is 2.16. The van der Waals surface area contributed by atoms with Crippen molar-refractivity contribution in [3.8, 4) is 0 Å². The molecule has 0 aliphatic heterocycles. The lowest BCUT2D eigenvalue weighted by atomic mass is 10.1. The summed E-state index contributed by atoms with van der Waals surface area (Å²) in [6.07, 6.45) is 0. The molecule has 0 aliphatic carbocycles. The van der Waals surface area contributed by atoms with Crippen molar-refractivity contribution in [1.82, 2.24) is 4.57 Å². The number of esters is 1. The van der Waals surface area contributed by atoms with Crippen LogP contribution >= 0.6 is 0 Å². The molecule has 0 radical (unpaired) electrons. The number of aryl methyl sites for hydroxylation is 2. The van der Waals surface area contributed by atoms with Crippen molar-refractivity contribution in [3.05, 3.63) is 58.4 Å². The van der Waals surface area contributed by atoms with Gasteiger partial charge in [-0.3, -0.25) is 4.79 Å². The molecule has 1 aromatic heterocycles. The van der Waals surface area contributed by atoms with Gasteiger partial charge in [-0.25, -0.2) is 4.79 Å². The highest BCUT2D eigenvalue weighted by Crippen LogP contribution is 2.14. The normalized spacial score (nSPS) is 10.5. The van der Waals surface area contributed by atoms with Crippen LogP contribution in [-0.4, -0.2) is 22.9 Å². The van der Waals surface area contributed by atoms with Gasteiger partial charge in [-0.15, -0.1) is 0 Å². The van der Waals surface area contributed by atoms with Gasteiger partial charge in [-0.2, -0.15) is 0 Å².